The Labute approximate surface area is 229 Å². The first-order valence-corrected chi connectivity index (χ1v) is 13.0. The van der Waals surface area contributed by atoms with Crippen molar-refractivity contribution in [3.63, 3.8) is 0 Å². The predicted molar refractivity (Wildman–Crippen MR) is 141 cm³/mol. The minimum atomic E-state index is -4.74. The van der Waals surface area contributed by atoms with Crippen LogP contribution >= 0.6 is 0 Å². The summed E-state index contributed by atoms with van der Waals surface area (Å²) in [5, 5.41) is 9.94. The van der Waals surface area contributed by atoms with Crippen molar-refractivity contribution in [3.8, 4) is 17.5 Å². The summed E-state index contributed by atoms with van der Waals surface area (Å²) >= 11 is 0. The number of halogens is 3. The molecule has 4 heterocycles. The molecule has 1 amide bonds. The molecule has 0 bridgehead atoms. The number of nitrogens with two attached hydrogens (primary N) is 1. The second kappa shape index (κ2) is 11.1. The molecule has 40 heavy (non-hydrogen) atoms. The van der Waals surface area contributed by atoms with Crippen LogP contribution in [0.25, 0.3) is 11.5 Å². The molecule has 1 aromatic carbocycles. The largest absolute Gasteiger partial charge is 0.459 e. The van der Waals surface area contributed by atoms with Crippen LogP contribution in [0.4, 0.5) is 30.5 Å². The Morgan fingerprint density at radius 3 is 2.55 bits per heavy atom. The number of hydrazine groups is 1. The average Bonchev–Trinajstić information content (AvgIpc) is 3.40. The third-order valence-electron chi connectivity index (χ3n) is 7.29. The van der Waals surface area contributed by atoms with Crippen LogP contribution in [0.1, 0.15) is 30.2 Å². The van der Waals surface area contributed by atoms with E-state index in [2.05, 4.69) is 26.7 Å². The molecule has 0 spiro atoms. The molecular weight excluding hydrogens is 525 g/mol. The Kier molecular flexibility index (Phi) is 7.64. The minimum Gasteiger partial charge on any atom is -0.459 e. The number of nitrogens with zero attached hydrogens (tertiary/aromatic N) is 7. The van der Waals surface area contributed by atoms with Crippen molar-refractivity contribution in [1.29, 1.82) is 5.26 Å². The lowest BCUT2D eigenvalue weighted by Crippen LogP contribution is -2.46. The highest BCUT2D eigenvalue weighted by molar-refractivity contribution is 5.78. The number of fused-ring (bicyclic) bond motifs is 1. The number of alkyl halides is 3. The Balaban J connectivity index is 1.40. The van der Waals surface area contributed by atoms with E-state index in [0.29, 0.717) is 36.2 Å². The molecule has 1 saturated heterocycles. The van der Waals surface area contributed by atoms with Gasteiger partial charge in [0, 0.05) is 63.1 Å². The number of benzene rings is 1. The summed E-state index contributed by atoms with van der Waals surface area (Å²) in [5.74, 6) is 6.18. The van der Waals surface area contributed by atoms with Crippen molar-refractivity contribution in [2.45, 2.75) is 32.5 Å². The van der Waals surface area contributed by atoms with Gasteiger partial charge in [-0.1, -0.05) is 6.92 Å². The highest BCUT2D eigenvalue weighted by Crippen LogP contribution is 2.39. The molecule has 3 aromatic rings. The molecular formula is C27H29F3N8O2. The molecule has 13 heteroatoms. The lowest BCUT2D eigenvalue weighted by molar-refractivity contribution is -0.137. The van der Waals surface area contributed by atoms with Crippen LogP contribution in [0, 0.1) is 11.3 Å². The van der Waals surface area contributed by atoms with Crippen LogP contribution in [-0.2, 0) is 23.9 Å². The number of amides is 1. The van der Waals surface area contributed by atoms with E-state index >= 15 is 0 Å². The summed E-state index contributed by atoms with van der Waals surface area (Å²) in [5.41, 5.74) is 0.607. The molecule has 0 atom stereocenters. The predicted octanol–water partition coefficient (Wildman–Crippen LogP) is 3.71. The number of piperazine rings is 1. The van der Waals surface area contributed by atoms with E-state index in [1.165, 1.54) is 11.0 Å². The van der Waals surface area contributed by atoms with Gasteiger partial charge in [-0.15, -0.1) is 0 Å². The Bertz CT molecular complexity index is 1410. The number of carbonyl (C=O) groups excluding carboxylic acids is 1. The Morgan fingerprint density at radius 2 is 1.90 bits per heavy atom. The van der Waals surface area contributed by atoms with E-state index in [1.54, 1.807) is 12.1 Å². The number of hydrogen-bond acceptors (Lipinski definition) is 9. The van der Waals surface area contributed by atoms with Gasteiger partial charge in [-0.2, -0.15) is 18.4 Å². The fourth-order valence-corrected chi connectivity index (χ4v) is 4.99. The SMILES string of the molecule is CCN1CCN(c2ccc(N(N)c3ncc(C(F)(F)F)c(-c4cc5c(o4)CCN(C(=O)CC#N)C5)n3)cc2)CC1. The maximum absolute atomic E-state index is 13.9. The zero-order chi connectivity index (χ0) is 28.4. The fourth-order valence-electron chi connectivity index (χ4n) is 4.99. The molecule has 10 nitrogen and oxygen atoms in total. The smallest absolute Gasteiger partial charge is 0.420 e. The minimum absolute atomic E-state index is 0.0921. The zero-order valence-corrected chi connectivity index (χ0v) is 22.0. The topological polar surface area (TPSA) is 119 Å². The Morgan fingerprint density at radius 1 is 1.18 bits per heavy atom. The van der Waals surface area contributed by atoms with E-state index in [1.807, 2.05) is 18.2 Å². The molecule has 0 radical (unpaired) electrons. The summed E-state index contributed by atoms with van der Waals surface area (Å²) in [6, 6.07) is 10.7. The van der Waals surface area contributed by atoms with Gasteiger partial charge >= 0.3 is 6.18 Å². The quantitative estimate of drug-likeness (QED) is 0.359. The summed E-state index contributed by atoms with van der Waals surface area (Å²) < 4.78 is 47.6. The average molecular weight is 555 g/mol. The van der Waals surface area contributed by atoms with Crippen LogP contribution in [0.2, 0.25) is 0 Å². The van der Waals surface area contributed by atoms with E-state index in [-0.39, 0.29) is 30.6 Å². The fraction of sp³-hybridized carbons (Fsp3) is 0.407. The molecule has 5 rings (SSSR count). The van der Waals surface area contributed by atoms with Crippen LogP contribution in [0.5, 0.6) is 0 Å². The van der Waals surface area contributed by atoms with E-state index in [0.717, 1.165) is 43.4 Å². The van der Waals surface area contributed by atoms with E-state index < -0.39 is 17.4 Å². The third kappa shape index (κ3) is 5.59. The summed E-state index contributed by atoms with van der Waals surface area (Å²) in [6.07, 6.45) is -3.99. The maximum atomic E-state index is 13.9. The summed E-state index contributed by atoms with van der Waals surface area (Å²) in [4.78, 5) is 26.4. The molecule has 2 aliphatic rings. The third-order valence-corrected chi connectivity index (χ3v) is 7.29. The van der Waals surface area contributed by atoms with E-state index in [9.17, 15) is 18.0 Å². The van der Waals surface area contributed by atoms with Gasteiger partial charge in [0.15, 0.2) is 5.76 Å². The normalized spacial score (nSPS) is 16.0. The summed E-state index contributed by atoms with van der Waals surface area (Å²) in [6.45, 7) is 7.38. The first-order valence-electron chi connectivity index (χ1n) is 13.0. The standard InChI is InChI=1S/C27H29F3N8O2/c1-2-35-11-13-36(14-12-35)19-3-5-20(6-4-19)38(32)26-33-16-21(27(28,29)30)25(34-26)23-15-18-17-37(24(39)7-9-31)10-8-22(18)40-23/h3-6,15-16H,2,7-8,10-14,17,32H2,1H3. The lowest BCUT2D eigenvalue weighted by Gasteiger charge is -2.35. The second-order valence-electron chi connectivity index (χ2n) is 9.70. The molecule has 210 valence electrons. The number of aromatic nitrogens is 2. The number of carbonyl (C=O) groups is 1. The molecule has 0 saturated carbocycles. The van der Waals surface area contributed by atoms with Crippen molar-refractivity contribution in [1.82, 2.24) is 19.8 Å². The highest BCUT2D eigenvalue weighted by Gasteiger charge is 2.37. The molecule has 2 N–H and O–H groups in total. The van der Waals surface area contributed by atoms with Crippen molar-refractivity contribution >= 4 is 23.2 Å². The highest BCUT2D eigenvalue weighted by atomic mass is 19.4. The number of nitriles is 1. The van der Waals surface area contributed by atoms with Crippen LogP contribution < -0.4 is 15.8 Å². The Hall–Kier alpha value is -4.15. The number of rotatable bonds is 6. The van der Waals surface area contributed by atoms with Gasteiger partial charge in [0.2, 0.25) is 11.9 Å². The first-order chi connectivity index (χ1) is 19.2. The first kappa shape index (κ1) is 27.4. The van der Waals surface area contributed by atoms with Gasteiger partial charge in [0.1, 0.15) is 23.4 Å². The monoisotopic (exact) mass is 554 g/mol. The second-order valence-corrected chi connectivity index (χ2v) is 9.70. The van der Waals surface area contributed by atoms with Crippen molar-refractivity contribution in [3.05, 3.63) is 53.4 Å². The van der Waals surface area contributed by atoms with Gasteiger partial charge in [-0.25, -0.2) is 20.8 Å². The van der Waals surface area contributed by atoms with Crippen molar-refractivity contribution in [2.24, 2.45) is 5.84 Å². The number of furan rings is 1. The summed E-state index contributed by atoms with van der Waals surface area (Å²) in [7, 11) is 0. The lowest BCUT2D eigenvalue weighted by atomic mass is 10.1. The van der Waals surface area contributed by atoms with Gasteiger partial charge in [0.25, 0.3) is 0 Å². The molecule has 0 unspecified atom stereocenters. The van der Waals surface area contributed by atoms with Crippen molar-refractivity contribution in [2.75, 3.05) is 49.2 Å². The molecule has 0 aliphatic carbocycles. The van der Waals surface area contributed by atoms with Gasteiger partial charge in [0.05, 0.1) is 11.8 Å². The van der Waals surface area contributed by atoms with Gasteiger partial charge < -0.3 is 19.1 Å². The van der Waals surface area contributed by atoms with Crippen LogP contribution in [-0.4, -0.2) is 64.9 Å². The van der Waals surface area contributed by atoms with Crippen LogP contribution in [0.15, 0.2) is 40.9 Å². The zero-order valence-electron chi connectivity index (χ0n) is 22.0. The molecule has 1 fully saturated rings. The number of hydrogen-bond donors (Lipinski definition) is 1. The number of likely N-dealkylation sites (N-methyl/N-ethyl adjacent to an activating group) is 1. The number of anilines is 3. The van der Waals surface area contributed by atoms with E-state index in [4.69, 9.17) is 15.5 Å². The van der Waals surface area contributed by atoms with Crippen LogP contribution in [0.3, 0.4) is 0 Å². The maximum Gasteiger partial charge on any atom is 0.420 e. The molecule has 2 aromatic heterocycles. The molecule has 2 aliphatic heterocycles. The van der Waals surface area contributed by atoms with Crippen molar-refractivity contribution < 1.29 is 22.4 Å². The van der Waals surface area contributed by atoms with Gasteiger partial charge in [-0.05, 0) is 36.9 Å². The van der Waals surface area contributed by atoms with Gasteiger partial charge in [-0.3, -0.25) is 4.79 Å².